The highest BCUT2D eigenvalue weighted by Crippen LogP contribution is 2.24. The molecule has 0 saturated carbocycles. The smallest absolute Gasteiger partial charge is 0.232 e. The summed E-state index contributed by atoms with van der Waals surface area (Å²) in [6, 6.07) is 11.0. The fourth-order valence-electron chi connectivity index (χ4n) is 3.49. The van der Waals surface area contributed by atoms with Crippen LogP contribution in [0.2, 0.25) is 0 Å². The van der Waals surface area contributed by atoms with Gasteiger partial charge in [-0.05, 0) is 38.4 Å². The van der Waals surface area contributed by atoms with Crippen LogP contribution in [0.3, 0.4) is 0 Å². The number of aliphatic imine (C=N–C) groups is 1. The van der Waals surface area contributed by atoms with Gasteiger partial charge in [0.1, 0.15) is 6.54 Å². The fraction of sp³-hybridized carbons (Fsp3) is 0.591. The minimum atomic E-state index is -0.156. The average Bonchev–Trinajstić information content (AvgIpc) is 3.39. The predicted molar refractivity (Wildman–Crippen MR) is 131 cm³/mol. The highest BCUT2D eigenvalue weighted by molar-refractivity contribution is 14.0. The van der Waals surface area contributed by atoms with E-state index in [4.69, 9.17) is 4.52 Å². The largest absolute Gasteiger partial charge is 0.357 e. The van der Waals surface area contributed by atoms with E-state index >= 15 is 0 Å². The number of halogens is 1. The molecule has 1 fully saturated rings. The fourth-order valence-corrected chi connectivity index (χ4v) is 3.49. The zero-order chi connectivity index (χ0) is 20.7. The molecule has 0 bridgehead atoms. The van der Waals surface area contributed by atoms with E-state index in [1.54, 1.807) is 0 Å². The monoisotopic (exact) mass is 526 g/mol. The predicted octanol–water partition coefficient (Wildman–Crippen LogP) is 3.88. The number of aromatic nitrogens is 2. The van der Waals surface area contributed by atoms with Crippen molar-refractivity contribution in [3.63, 3.8) is 0 Å². The number of nitrogens with zero attached hydrogens (tertiary/aromatic N) is 4. The molecule has 1 unspecified atom stereocenters. The van der Waals surface area contributed by atoms with Crippen LogP contribution in [-0.4, -0.2) is 47.2 Å². The number of rotatable bonds is 7. The zero-order valence-electron chi connectivity index (χ0n) is 18.5. The topological polar surface area (TPSA) is 78.6 Å². The van der Waals surface area contributed by atoms with Crippen molar-refractivity contribution in [2.45, 2.75) is 58.5 Å². The summed E-state index contributed by atoms with van der Waals surface area (Å²) in [5.41, 5.74) is 1.18. The SMILES string of the molecule is CCNC(=NCc1noc(C(C)(C)C)n1)NCC(c1ccccc1)N1CCCC1.I. The van der Waals surface area contributed by atoms with Crippen molar-refractivity contribution in [2.24, 2.45) is 4.99 Å². The lowest BCUT2D eigenvalue weighted by molar-refractivity contribution is 0.245. The van der Waals surface area contributed by atoms with E-state index in [1.807, 2.05) is 0 Å². The van der Waals surface area contributed by atoms with E-state index in [-0.39, 0.29) is 29.4 Å². The van der Waals surface area contributed by atoms with E-state index in [0.29, 0.717) is 24.3 Å². The van der Waals surface area contributed by atoms with Crippen molar-refractivity contribution in [3.05, 3.63) is 47.6 Å². The van der Waals surface area contributed by atoms with Gasteiger partial charge >= 0.3 is 0 Å². The molecule has 1 aromatic carbocycles. The molecule has 1 aliphatic heterocycles. The second-order valence-corrected chi connectivity index (χ2v) is 8.51. The third-order valence-corrected chi connectivity index (χ3v) is 5.06. The van der Waals surface area contributed by atoms with Crippen molar-refractivity contribution >= 4 is 29.9 Å². The first-order valence-electron chi connectivity index (χ1n) is 10.6. The summed E-state index contributed by atoms with van der Waals surface area (Å²) in [7, 11) is 0. The molecule has 30 heavy (non-hydrogen) atoms. The molecule has 2 aromatic rings. The van der Waals surface area contributed by atoms with Gasteiger partial charge in [-0.1, -0.05) is 56.3 Å². The minimum absolute atomic E-state index is 0. The molecule has 8 heteroatoms. The molecule has 0 amide bonds. The molecule has 1 aromatic heterocycles. The molecule has 2 N–H and O–H groups in total. The van der Waals surface area contributed by atoms with E-state index in [9.17, 15) is 0 Å². The van der Waals surface area contributed by atoms with E-state index in [1.165, 1.54) is 18.4 Å². The molecular weight excluding hydrogens is 491 g/mol. The number of likely N-dealkylation sites (tertiary alicyclic amines) is 1. The Bertz CT molecular complexity index is 780. The lowest BCUT2D eigenvalue weighted by Crippen LogP contribution is -2.42. The van der Waals surface area contributed by atoms with Crippen molar-refractivity contribution < 1.29 is 4.52 Å². The van der Waals surface area contributed by atoms with Crippen LogP contribution in [0.15, 0.2) is 39.8 Å². The van der Waals surface area contributed by atoms with Crippen LogP contribution >= 0.6 is 24.0 Å². The van der Waals surface area contributed by atoms with E-state index in [0.717, 1.165) is 32.1 Å². The normalized spacial score (nSPS) is 16.2. The van der Waals surface area contributed by atoms with Gasteiger partial charge < -0.3 is 15.2 Å². The first-order chi connectivity index (χ1) is 14.0. The van der Waals surface area contributed by atoms with Crippen LogP contribution in [-0.2, 0) is 12.0 Å². The maximum atomic E-state index is 5.37. The molecule has 7 nitrogen and oxygen atoms in total. The quantitative estimate of drug-likeness (QED) is 0.324. The third kappa shape index (κ3) is 6.94. The summed E-state index contributed by atoms with van der Waals surface area (Å²) in [4.78, 5) is 11.7. The third-order valence-electron chi connectivity index (χ3n) is 5.06. The Kier molecular flexibility index (Phi) is 9.54. The molecule has 1 saturated heterocycles. The van der Waals surface area contributed by atoms with Gasteiger partial charge in [-0.15, -0.1) is 24.0 Å². The number of benzene rings is 1. The van der Waals surface area contributed by atoms with Crippen molar-refractivity contribution in [1.29, 1.82) is 0 Å². The molecular formula is C22H35IN6O. The van der Waals surface area contributed by atoms with Crippen molar-refractivity contribution in [3.8, 4) is 0 Å². The number of guanidine groups is 1. The zero-order valence-corrected chi connectivity index (χ0v) is 20.8. The molecule has 0 radical (unpaired) electrons. The van der Waals surface area contributed by atoms with Gasteiger partial charge in [0.2, 0.25) is 5.89 Å². The van der Waals surface area contributed by atoms with Crippen LogP contribution in [0.4, 0.5) is 0 Å². The summed E-state index contributed by atoms with van der Waals surface area (Å²) < 4.78 is 5.37. The van der Waals surface area contributed by atoms with Crippen molar-refractivity contribution in [2.75, 3.05) is 26.2 Å². The minimum Gasteiger partial charge on any atom is -0.357 e. The lowest BCUT2D eigenvalue weighted by Gasteiger charge is -2.29. The highest BCUT2D eigenvalue weighted by Gasteiger charge is 2.24. The van der Waals surface area contributed by atoms with Crippen LogP contribution in [0.1, 0.15) is 63.9 Å². The number of nitrogens with one attached hydrogen (secondary N) is 2. The van der Waals surface area contributed by atoms with Gasteiger partial charge in [0.05, 0.1) is 6.04 Å². The Morgan fingerprint density at radius 2 is 1.87 bits per heavy atom. The Labute approximate surface area is 197 Å². The molecule has 3 rings (SSSR count). The van der Waals surface area contributed by atoms with Gasteiger partial charge in [-0.2, -0.15) is 4.98 Å². The maximum Gasteiger partial charge on any atom is 0.232 e. The van der Waals surface area contributed by atoms with Gasteiger partial charge in [0.25, 0.3) is 0 Å². The molecule has 1 atom stereocenters. The van der Waals surface area contributed by atoms with E-state index in [2.05, 4.69) is 88.7 Å². The first-order valence-corrected chi connectivity index (χ1v) is 10.6. The van der Waals surface area contributed by atoms with Crippen LogP contribution in [0.25, 0.3) is 0 Å². The summed E-state index contributed by atoms with van der Waals surface area (Å²) >= 11 is 0. The Hall–Kier alpha value is -1.68. The number of hydrogen-bond acceptors (Lipinski definition) is 5. The molecule has 166 valence electrons. The van der Waals surface area contributed by atoms with Crippen LogP contribution < -0.4 is 10.6 Å². The maximum absolute atomic E-state index is 5.37. The summed E-state index contributed by atoms with van der Waals surface area (Å²) in [5.74, 6) is 2.01. The number of hydrogen-bond donors (Lipinski definition) is 2. The van der Waals surface area contributed by atoms with Gasteiger partial charge in [0, 0.05) is 18.5 Å². The Balaban J connectivity index is 0.00000320. The van der Waals surface area contributed by atoms with Gasteiger partial charge in [-0.3, -0.25) is 4.90 Å². The van der Waals surface area contributed by atoms with Gasteiger partial charge in [-0.25, -0.2) is 4.99 Å². The standard InChI is InChI=1S/C22H34N6O.HI/c1-5-23-21(25-16-19-26-20(29-27-19)22(2,3)4)24-15-18(28-13-9-10-14-28)17-11-7-6-8-12-17;/h6-8,11-12,18H,5,9-10,13-16H2,1-4H3,(H2,23,24,25);1H. The lowest BCUT2D eigenvalue weighted by atomic mass is 9.97. The second kappa shape index (κ2) is 11.6. The first kappa shape index (κ1) is 24.6. The van der Waals surface area contributed by atoms with Crippen molar-refractivity contribution in [1.82, 2.24) is 25.7 Å². The molecule has 2 heterocycles. The van der Waals surface area contributed by atoms with E-state index < -0.39 is 0 Å². The molecule has 0 spiro atoms. The highest BCUT2D eigenvalue weighted by atomic mass is 127. The van der Waals surface area contributed by atoms with Crippen LogP contribution in [0.5, 0.6) is 0 Å². The second-order valence-electron chi connectivity index (χ2n) is 8.51. The Morgan fingerprint density at radius 1 is 1.17 bits per heavy atom. The summed E-state index contributed by atoms with van der Waals surface area (Å²) in [5, 5.41) is 10.9. The molecule has 1 aliphatic rings. The average molecular weight is 526 g/mol. The van der Waals surface area contributed by atoms with Crippen LogP contribution in [0, 0.1) is 0 Å². The van der Waals surface area contributed by atoms with Gasteiger partial charge in [0.15, 0.2) is 11.8 Å². The summed E-state index contributed by atoms with van der Waals surface area (Å²) in [6.45, 7) is 12.5. The summed E-state index contributed by atoms with van der Waals surface area (Å²) in [6.07, 6.45) is 2.54. The Morgan fingerprint density at radius 3 is 2.47 bits per heavy atom. The molecule has 0 aliphatic carbocycles.